The van der Waals surface area contributed by atoms with E-state index in [0.717, 1.165) is 0 Å². The molecule has 0 aliphatic rings. The van der Waals surface area contributed by atoms with Crippen molar-refractivity contribution in [3.05, 3.63) is 12.3 Å². The maximum atomic E-state index is 11.1. The van der Waals surface area contributed by atoms with Crippen LogP contribution in [0.25, 0.3) is 0 Å². The first kappa shape index (κ1) is 10.2. The number of likely N-dealkylation sites (N-methyl/N-ethyl adjacent to an activating group) is 1. The van der Waals surface area contributed by atoms with Crippen LogP contribution in [-0.4, -0.2) is 29.0 Å². The summed E-state index contributed by atoms with van der Waals surface area (Å²) in [5.74, 6) is 0.587. The van der Waals surface area contributed by atoms with Gasteiger partial charge >= 0.3 is 0 Å². The predicted molar refractivity (Wildman–Crippen MR) is 53.6 cm³/mol. The normalized spacial score (nSPS) is 11.9. The van der Waals surface area contributed by atoms with Crippen molar-refractivity contribution in [1.82, 2.24) is 15.3 Å². The topological polar surface area (TPSA) is 92.9 Å². The van der Waals surface area contributed by atoms with Crippen LogP contribution in [0, 0.1) is 0 Å². The molecule has 0 saturated carbocycles. The number of hydrogen-bond donors (Lipinski definition) is 3. The number of aromatic nitrogens is 2. The molecule has 0 saturated heterocycles. The third kappa shape index (κ3) is 2.58. The van der Waals surface area contributed by atoms with Gasteiger partial charge in [0, 0.05) is 13.2 Å². The van der Waals surface area contributed by atoms with Crippen LogP contribution in [0.2, 0.25) is 0 Å². The molecule has 14 heavy (non-hydrogen) atoms. The molecule has 76 valence electrons. The lowest BCUT2D eigenvalue weighted by atomic mass is 10.3. The zero-order chi connectivity index (χ0) is 10.6. The lowest BCUT2D eigenvalue weighted by molar-refractivity contribution is -0.121. The molecule has 6 nitrogen and oxygen atoms in total. The summed E-state index contributed by atoms with van der Waals surface area (Å²) in [5.41, 5.74) is 5.45. The van der Waals surface area contributed by atoms with Gasteiger partial charge in [-0.05, 0) is 13.0 Å². The minimum Gasteiger partial charge on any atom is -0.384 e. The van der Waals surface area contributed by atoms with Gasteiger partial charge in [0.1, 0.15) is 11.9 Å². The molecule has 6 heteroatoms. The molecule has 1 aromatic rings. The van der Waals surface area contributed by atoms with Crippen LogP contribution in [-0.2, 0) is 4.79 Å². The Morgan fingerprint density at radius 3 is 2.93 bits per heavy atom. The van der Waals surface area contributed by atoms with Crippen molar-refractivity contribution in [3.8, 4) is 0 Å². The molecule has 1 atom stereocenters. The third-order valence-corrected chi connectivity index (χ3v) is 1.66. The van der Waals surface area contributed by atoms with E-state index < -0.39 is 0 Å². The van der Waals surface area contributed by atoms with Crippen LogP contribution in [0.15, 0.2) is 12.3 Å². The van der Waals surface area contributed by atoms with E-state index in [2.05, 4.69) is 20.6 Å². The Morgan fingerprint density at radius 2 is 2.36 bits per heavy atom. The SMILES string of the molecule is CNC(=O)C(C)Nc1nccc(N)n1. The highest BCUT2D eigenvalue weighted by molar-refractivity contribution is 5.83. The van der Waals surface area contributed by atoms with Crippen molar-refractivity contribution < 1.29 is 4.79 Å². The van der Waals surface area contributed by atoms with Crippen LogP contribution in [0.5, 0.6) is 0 Å². The van der Waals surface area contributed by atoms with Gasteiger partial charge in [-0.1, -0.05) is 0 Å². The average molecular weight is 195 g/mol. The van der Waals surface area contributed by atoms with Crippen LogP contribution in [0.1, 0.15) is 6.92 Å². The van der Waals surface area contributed by atoms with Crippen LogP contribution in [0.3, 0.4) is 0 Å². The van der Waals surface area contributed by atoms with Crippen molar-refractivity contribution in [1.29, 1.82) is 0 Å². The van der Waals surface area contributed by atoms with Gasteiger partial charge in [-0.3, -0.25) is 4.79 Å². The number of nitrogens with one attached hydrogen (secondary N) is 2. The Hall–Kier alpha value is -1.85. The van der Waals surface area contributed by atoms with Crippen molar-refractivity contribution >= 4 is 17.7 Å². The highest BCUT2D eigenvalue weighted by atomic mass is 16.2. The number of rotatable bonds is 3. The summed E-state index contributed by atoms with van der Waals surface area (Å²) < 4.78 is 0. The number of carbonyl (C=O) groups excluding carboxylic acids is 1. The Kier molecular flexibility index (Phi) is 3.22. The lowest BCUT2D eigenvalue weighted by Crippen LogP contribution is -2.35. The fourth-order valence-corrected chi connectivity index (χ4v) is 0.918. The molecule has 1 rings (SSSR count). The Morgan fingerprint density at radius 1 is 1.64 bits per heavy atom. The first-order valence-electron chi connectivity index (χ1n) is 4.20. The first-order valence-corrected chi connectivity index (χ1v) is 4.20. The summed E-state index contributed by atoms with van der Waals surface area (Å²) in [6.45, 7) is 1.71. The maximum absolute atomic E-state index is 11.1. The highest BCUT2D eigenvalue weighted by Crippen LogP contribution is 2.02. The summed E-state index contributed by atoms with van der Waals surface area (Å²) in [6, 6.07) is 1.19. The van der Waals surface area contributed by atoms with Crippen molar-refractivity contribution in [2.75, 3.05) is 18.1 Å². The minimum atomic E-state index is -0.387. The van der Waals surface area contributed by atoms with Gasteiger partial charge in [0.25, 0.3) is 0 Å². The average Bonchev–Trinajstić information content (AvgIpc) is 2.16. The van der Waals surface area contributed by atoms with Crippen LogP contribution in [0.4, 0.5) is 11.8 Å². The van der Waals surface area contributed by atoms with Gasteiger partial charge in [0.05, 0.1) is 0 Å². The fourth-order valence-electron chi connectivity index (χ4n) is 0.918. The van der Waals surface area contributed by atoms with Gasteiger partial charge in [-0.25, -0.2) is 4.98 Å². The molecule has 0 radical (unpaired) electrons. The van der Waals surface area contributed by atoms with Crippen molar-refractivity contribution in [2.45, 2.75) is 13.0 Å². The van der Waals surface area contributed by atoms with Crippen molar-refractivity contribution in [3.63, 3.8) is 0 Å². The zero-order valence-corrected chi connectivity index (χ0v) is 8.11. The van der Waals surface area contributed by atoms with E-state index >= 15 is 0 Å². The standard InChI is InChI=1S/C8H13N5O/c1-5(7(14)10-2)12-8-11-4-3-6(9)13-8/h3-5H,1-2H3,(H,10,14)(H3,9,11,12,13). The Bertz CT molecular complexity index is 327. The van der Waals surface area contributed by atoms with Gasteiger partial charge in [0.2, 0.25) is 11.9 Å². The van der Waals surface area contributed by atoms with E-state index in [4.69, 9.17) is 5.73 Å². The fraction of sp³-hybridized carbons (Fsp3) is 0.375. The van der Waals surface area contributed by atoms with Crippen molar-refractivity contribution in [2.24, 2.45) is 0 Å². The molecule has 0 bridgehead atoms. The molecule has 0 spiro atoms. The third-order valence-electron chi connectivity index (χ3n) is 1.66. The maximum Gasteiger partial charge on any atom is 0.242 e. The Labute approximate surface area is 81.9 Å². The second-order valence-electron chi connectivity index (χ2n) is 2.79. The molecule has 0 aliphatic carbocycles. The lowest BCUT2D eigenvalue weighted by Gasteiger charge is -2.11. The number of amides is 1. The molecule has 0 aliphatic heterocycles. The highest BCUT2D eigenvalue weighted by Gasteiger charge is 2.11. The molecular formula is C8H13N5O. The predicted octanol–water partition coefficient (Wildman–Crippen LogP) is -0.395. The molecule has 0 aromatic carbocycles. The number of carbonyl (C=O) groups is 1. The zero-order valence-electron chi connectivity index (χ0n) is 8.11. The summed E-state index contributed by atoms with van der Waals surface area (Å²) in [7, 11) is 1.57. The van der Waals surface area contributed by atoms with E-state index in [1.807, 2.05) is 0 Å². The number of anilines is 2. The van der Waals surface area contributed by atoms with E-state index in [-0.39, 0.29) is 11.9 Å². The number of hydrogen-bond acceptors (Lipinski definition) is 5. The first-order chi connectivity index (χ1) is 6.63. The summed E-state index contributed by atoms with van der Waals surface area (Å²) in [6.07, 6.45) is 1.53. The minimum absolute atomic E-state index is 0.129. The number of nitrogens with two attached hydrogens (primary N) is 1. The molecule has 1 heterocycles. The largest absolute Gasteiger partial charge is 0.384 e. The monoisotopic (exact) mass is 195 g/mol. The second-order valence-corrected chi connectivity index (χ2v) is 2.79. The van der Waals surface area contributed by atoms with Gasteiger partial charge in [0.15, 0.2) is 0 Å². The molecule has 4 N–H and O–H groups in total. The van der Waals surface area contributed by atoms with Gasteiger partial charge in [-0.15, -0.1) is 0 Å². The van der Waals surface area contributed by atoms with Gasteiger partial charge in [-0.2, -0.15) is 4.98 Å². The van der Waals surface area contributed by atoms with E-state index in [0.29, 0.717) is 11.8 Å². The summed E-state index contributed by atoms with van der Waals surface area (Å²) >= 11 is 0. The summed E-state index contributed by atoms with van der Waals surface area (Å²) in [5, 5.41) is 5.33. The van der Waals surface area contributed by atoms with Gasteiger partial charge < -0.3 is 16.4 Å². The van der Waals surface area contributed by atoms with Crippen LogP contribution < -0.4 is 16.4 Å². The molecule has 0 fully saturated rings. The molecule has 1 unspecified atom stereocenters. The molecular weight excluding hydrogens is 182 g/mol. The summed E-state index contributed by atoms with van der Waals surface area (Å²) in [4.78, 5) is 19.0. The smallest absolute Gasteiger partial charge is 0.242 e. The second kappa shape index (κ2) is 4.40. The van der Waals surface area contributed by atoms with E-state index in [1.54, 1.807) is 20.0 Å². The molecule has 1 aromatic heterocycles. The number of nitrogens with zero attached hydrogens (tertiary/aromatic N) is 2. The van der Waals surface area contributed by atoms with E-state index in [9.17, 15) is 4.79 Å². The van der Waals surface area contributed by atoms with E-state index in [1.165, 1.54) is 6.20 Å². The molecule has 1 amide bonds. The quantitative estimate of drug-likeness (QED) is 0.610. The van der Waals surface area contributed by atoms with Crippen LogP contribution >= 0.6 is 0 Å². The Balaban J connectivity index is 2.64. The number of nitrogen functional groups attached to an aromatic ring is 1.